The van der Waals surface area contributed by atoms with E-state index in [1.54, 1.807) is 0 Å². The monoisotopic (exact) mass is 331 g/mol. The van der Waals surface area contributed by atoms with Gasteiger partial charge in [-0.05, 0) is 19.2 Å². The van der Waals surface area contributed by atoms with Crippen molar-refractivity contribution in [3.05, 3.63) is 23.4 Å². The standard InChI is InChI=1S/C15H20F3N3O2/c1-11(22)23-10-5-13-12(15(16,17)18)3-4-14(19-13)21-8-6-20(2)7-9-21/h3-4H,5-10H2,1-2H3. The second-order valence-corrected chi connectivity index (χ2v) is 5.54. The van der Waals surface area contributed by atoms with Crippen molar-refractivity contribution in [1.29, 1.82) is 0 Å². The molecular formula is C15H20F3N3O2. The second kappa shape index (κ2) is 7.16. The SMILES string of the molecule is CC(=O)OCCc1nc(N2CCN(C)CC2)ccc1C(F)(F)F. The Hall–Kier alpha value is -1.83. The van der Waals surface area contributed by atoms with Crippen LogP contribution in [0.2, 0.25) is 0 Å². The number of halogens is 3. The van der Waals surface area contributed by atoms with E-state index < -0.39 is 17.7 Å². The number of alkyl halides is 3. The van der Waals surface area contributed by atoms with Crippen molar-refractivity contribution in [2.45, 2.75) is 19.5 Å². The fraction of sp³-hybridized carbons (Fsp3) is 0.600. The molecule has 2 rings (SSSR count). The number of ether oxygens (including phenoxy) is 1. The number of piperazine rings is 1. The van der Waals surface area contributed by atoms with E-state index in [0.717, 1.165) is 32.2 Å². The Balaban J connectivity index is 2.20. The highest BCUT2D eigenvalue weighted by atomic mass is 19.4. The number of aromatic nitrogens is 1. The molecular weight excluding hydrogens is 311 g/mol. The quantitative estimate of drug-likeness (QED) is 0.789. The fourth-order valence-electron chi connectivity index (χ4n) is 2.44. The molecule has 23 heavy (non-hydrogen) atoms. The van der Waals surface area contributed by atoms with Gasteiger partial charge in [0.15, 0.2) is 0 Å². The summed E-state index contributed by atoms with van der Waals surface area (Å²) in [7, 11) is 2.00. The maximum Gasteiger partial charge on any atom is 0.418 e. The summed E-state index contributed by atoms with van der Waals surface area (Å²) in [6.07, 6.45) is -4.53. The van der Waals surface area contributed by atoms with E-state index in [1.807, 2.05) is 11.9 Å². The maximum absolute atomic E-state index is 13.1. The largest absolute Gasteiger partial charge is 0.465 e. The molecule has 0 aromatic carbocycles. The van der Waals surface area contributed by atoms with E-state index in [1.165, 1.54) is 13.0 Å². The number of carbonyl (C=O) groups excluding carboxylic acids is 1. The second-order valence-electron chi connectivity index (χ2n) is 5.54. The van der Waals surface area contributed by atoms with Crippen molar-refractivity contribution < 1.29 is 22.7 Å². The highest BCUT2D eigenvalue weighted by Gasteiger charge is 2.34. The van der Waals surface area contributed by atoms with Crippen LogP contribution in [-0.4, -0.2) is 55.7 Å². The van der Waals surface area contributed by atoms with Crippen LogP contribution < -0.4 is 4.90 Å². The molecule has 1 aromatic heterocycles. The molecule has 8 heteroatoms. The fourth-order valence-corrected chi connectivity index (χ4v) is 2.44. The average Bonchev–Trinajstić information content (AvgIpc) is 2.46. The number of pyridine rings is 1. The summed E-state index contributed by atoms with van der Waals surface area (Å²) < 4.78 is 44.0. The van der Waals surface area contributed by atoms with Crippen LogP contribution in [0.1, 0.15) is 18.2 Å². The zero-order valence-corrected chi connectivity index (χ0v) is 13.2. The van der Waals surface area contributed by atoms with Gasteiger partial charge in [-0.2, -0.15) is 13.2 Å². The van der Waals surface area contributed by atoms with E-state index in [9.17, 15) is 18.0 Å². The zero-order valence-electron chi connectivity index (χ0n) is 13.2. The summed E-state index contributed by atoms with van der Waals surface area (Å²) in [6, 6.07) is 2.47. The van der Waals surface area contributed by atoms with E-state index in [4.69, 9.17) is 4.74 Å². The Labute approximate surface area is 133 Å². The molecule has 1 fully saturated rings. The molecule has 0 spiro atoms. The molecule has 128 valence electrons. The van der Waals surface area contributed by atoms with Crippen LogP contribution in [-0.2, 0) is 22.1 Å². The number of hydrogen-bond donors (Lipinski definition) is 0. The predicted octanol–water partition coefficient (Wildman–Crippen LogP) is 1.96. The lowest BCUT2D eigenvalue weighted by Gasteiger charge is -2.33. The Kier molecular flexibility index (Phi) is 5.46. The number of nitrogens with zero attached hydrogens (tertiary/aromatic N) is 3. The van der Waals surface area contributed by atoms with Gasteiger partial charge in [0, 0.05) is 39.5 Å². The molecule has 0 atom stereocenters. The lowest BCUT2D eigenvalue weighted by molar-refractivity contribution is -0.141. The Morgan fingerprint density at radius 3 is 2.48 bits per heavy atom. The van der Waals surface area contributed by atoms with Crippen LogP contribution in [0.5, 0.6) is 0 Å². The Morgan fingerprint density at radius 1 is 1.26 bits per heavy atom. The van der Waals surface area contributed by atoms with Crippen molar-refractivity contribution in [2.24, 2.45) is 0 Å². The normalized spacial score (nSPS) is 16.5. The minimum Gasteiger partial charge on any atom is -0.465 e. The molecule has 5 nitrogen and oxygen atoms in total. The van der Waals surface area contributed by atoms with Gasteiger partial charge in [-0.25, -0.2) is 4.98 Å². The first-order chi connectivity index (χ1) is 10.8. The van der Waals surface area contributed by atoms with Crippen molar-refractivity contribution in [3.63, 3.8) is 0 Å². The van der Waals surface area contributed by atoms with Gasteiger partial charge in [-0.15, -0.1) is 0 Å². The first kappa shape index (κ1) is 17.5. The number of hydrogen-bond acceptors (Lipinski definition) is 5. The number of carbonyl (C=O) groups is 1. The smallest absolute Gasteiger partial charge is 0.418 e. The lowest BCUT2D eigenvalue weighted by atomic mass is 10.1. The maximum atomic E-state index is 13.1. The Morgan fingerprint density at radius 2 is 1.91 bits per heavy atom. The zero-order chi connectivity index (χ0) is 17.0. The van der Waals surface area contributed by atoms with E-state index >= 15 is 0 Å². The van der Waals surface area contributed by atoms with Crippen molar-refractivity contribution in [3.8, 4) is 0 Å². The minimum absolute atomic E-state index is 0.0595. The van der Waals surface area contributed by atoms with Gasteiger partial charge in [-0.3, -0.25) is 4.79 Å². The lowest BCUT2D eigenvalue weighted by Crippen LogP contribution is -2.44. The first-order valence-corrected chi connectivity index (χ1v) is 7.41. The molecule has 1 aliphatic rings. The third-order valence-corrected chi connectivity index (χ3v) is 3.74. The Bertz CT molecular complexity index is 555. The summed E-state index contributed by atoms with van der Waals surface area (Å²) >= 11 is 0. The van der Waals surface area contributed by atoms with Crippen LogP contribution >= 0.6 is 0 Å². The highest BCUT2D eigenvalue weighted by molar-refractivity contribution is 5.65. The van der Waals surface area contributed by atoms with Gasteiger partial charge >= 0.3 is 12.1 Å². The molecule has 0 unspecified atom stereocenters. The molecule has 2 heterocycles. The van der Waals surface area contributed by atoms with Crippen molar-refractivity contribution in [1.82, 2.24) is 9.88 Å². The average molecular weight is 331 g/mol. The first-order valence-electron chi connectivity index (χ1n) is 7.41. The van der Waals surface area contributed by atoms with Gasteiger partial charge in [0.2, 0.25) is 0 Å². The van der Waals surface area contributed by atoms with Crippen LogP contribution in [0.3, 0.4) is 0 Å². The molecule has 0 N–H and O–H groups in total. The third kappa shape index (κ3) is 4.82. The molecule has 0 aliphatic carbocycles. The summed E-state index contributed by atoms with van der Waals surface area (Å²) in [5.74, 6) is 0.0118. The summed E-state index contributed by atoms with van der Waals surface area (Å²) in [5.41, 5.74) is -0.863. The van der Waals surface area contributed by atoms with E-state index in [2.05, 4.69) is 9.88 Å². The van der Waals surface area contributed by atoms with Gasteiger partial charge < -0.3 is 14.5 Å². The van der Waals surface area contributed by atoms with Crippen molar-refractivity contribution in [2.75, 3.05) is 44.7 Å². The van der Waals surface area contributed by atoms with Gasteiger partial charge in [0.05, 0.1) is 17.9 Å². The topological polar surface area (TPSA) is 45.7 Å². The number of esters is 1. The molecule has 1 aromatic rings. The molecule has 1 saturated heterocycles. The molecule has 0 bridgehead atoms. The van der Waals surface area contributed by atoms with Crippen LogP contribution in [0, 0.1) is 0 Å². The van der Waals surface area contributed by atoms with E-state index in [-0.39, 0.29) is 18.7 Å². The van der Waals surface area contributed by atoms with Gasteiger partial charge in [0.25, 0.3) is 0 Å². The van der Waals surface area contributed by atoms with Crippen LogP contribution in [0.4, 0.5) is 19.0 Å². The number of anilines is 1. The predicted molar refractivity (Wildman–Crippen MR) is 79.3 cm³/mol. The summed E-state index contributed by atoms with van der Waals surface area (Å²) in [5, 5.41) is 0. The van der Waals surface area contributed by atoms with Crippen LogP contribution in [0.15, 0.2) is 12.1 Å². The molecule has 1 aliphatic heterocycles. The van der Waals surface area contributed by atoms with Gasteiger partial charge in [0.1, 0.15) is 5.82 Å². The number of rotatable bonds is 4. The van der Waals surface area contributed by atoms with E-state index in [0.29, 0.717) is 5.82 Å². The molecule has 0 radical (unpaired) electrons. The summed E-state index contributed by atoms with van der Waals surface area (Å²) in [4.78, 5) is 19.1. The van der Waals surface area contributed by atoms with Crippen LogP contribution in [0.25, 0.3) is 0 Å². The van der Waals surface area contributed by atoms with Crippen molar-refractivity contribution >= 4 is 11.8 Å². The molecule has 0 amide bonds. The highest BCUT2D eigenvalue weighted by Crippen LogP contribution is 2.32. The summed E-state index contributed by atoms with van der Waals surface area (Å²) in [6.45, 7) is 4.23. The minimum atomic E-state index is -4.47. The third-order valence-electron chi connectivity index (χ3n) is 3.74. The molecule has 0 saturated carbocycles. The number of likely N-dealkylation sites (N-methyl/N-ethyl adjacent to an activating group) is 1. The van der Waals surface area contributed by atoms with Gasteiger partial charge in [-0.1, -0.05) is 0 Å².